The van der Waals surface area contributed by atoms with Gasteiger partial charge < -0.3 is 25.5 Å². The second-order valence-corrected chi connectivity index (χ2v) is 23.3. The lowest BCUT2D eigenvalue weighted by atomic mass is 9.69. The Morgan fingerprint density at radius 1 is 0.956 bits per heavy atom. The van der Waals surface area contributed by atoms with Crippen molar-refractivity contribution in [3.05, 3.63) is 109 Å². The molecule has 2 aromatic heterocycles. The second-order valence-electron chi connectivity index (χ2n) is 21.6. The third-order valence-corrected chi connectivity index (χ3v) is 17.6. The Labute approximate surface area is 411 Å². The monoisotopic (exact) mass is 1000 g/mol. The van der Waals surface area contributed by atoms with E-state index in [1.807, 2.05) is 76.5 Å². The van der Waals surface area contributed by atoms with E-state index in [1.54, 1.807) is 11.3 Å². The van der Waals surface area contributed by atoms with E-state index in [9.17, 15) is 24.3 Å². The number of halogens is 1. The Balaban J connectivity index is 0.736. The number of carbonyl (C=O) groups is 3. The largest absolute Gasteiger partial charge is 0.391 e. The summed E-state index contributed by atoms with van der Waals surface area (Å²) >= 11 is 5.22. The van der Waals surface area contributed by atoms with Crippen LogP contribution in [0.2, 0.25) is 0 Å². The molecule has 0 unspecified atom stereocenters. The van der Waals surface area contributed by atoms with Crippen LogP contribution in [0.3, 0.4) is 0 Å². The lowest BCUT2D eigenvalue weighted by molar-refractivity contribution is -0.145. The van der Waals surface area contributed by atoms with Gasteiger partial charge in [-0.05, 0) is 139 Å². The summed E-state index contributed by atoms with van der Waals surface area (Å²) in [6.45, 7) is 12.7. The molecule has 3 amide bonds. The quantitative estimate of drug-likeness (QED) is 0.126. The number of likely N-dealkylation sites (tertiary alicyclic amines) is 2. The van der Waals surface area contributed by atoms with Crippen LogP contribution < -0.4 is 16.2 Å². The summed E-state index contributed by atoms with van der Waals surface area (Å²) in [5.74, 6) is 0.834. The number of carbonyl (C=O) groups excluding carboxylic acids is 3. The number of aliphatic hydroxyl groups is 1. The molecule has 4 fully saturated rings. The van der Waals surface area contributed by atoms with E-state index in [0.717, 1.165) is 114 Å². The molecular weight excluding hydrogens is 939 g/mol. The third kappa shape index (κ3) is 8.65. The van der Waals surface area contributed by atoms with Crippen LogP contribution in [-0.2, 0) is 19.8 Å². The van der Waals surface area contributed by atoms with Crippen molar-refractivity contribution >= 4 is 55.9 Å². The maximum Gasteiger partial charge on any atom is 0.281 e. The van der Waals surface area contributed by atoms with Gasteiger partial charge in [-0.2, -0.15) is 4.98 Å². The van der Waals surface area contributed by atoms with Crippen LogP contribution in [0.1, 0.15) is 132 Å². The molecule has 5 aliphatic rings. The van der Waals surface area contributed by atoms with Gasteiger partial charge in [-0.1, -0.05) is 82.5 Å². The van der Waals surface area contributed by atoms with Gasteiger partial charge in [0.2, 0.25) is 17.7 Å². The molecule has 3 N–H and O–H groups in total. The van der Waals surface area contributed by atoms with Crippen LogP contribution in [0.15, 0.2) is 75.4 Å². The lowest BCUT2D eigenvalue weighted by Crippen LogP contribution is -2.59. The first kappa shape index (κ1) is 46.9. The van der Waals surface area contributed by atoms with E-state index >= 15 is 0 Å². The molecule has 2 saturated carbocycles. The number of hydrogen-bond acceptors (Lipinski definition) is 9. The van der Waals surface area contributed by atoms with Crippen LogP contribution in [0.4, 0.5) is 0 Å². The zero-order valence-corrected chi connectivity index (χ0v) is 42.3. The summed E-state index contributed by atoms with van der Waals surface area (Å²) in [4.78, 5) is 69.8. The molecule has 3 aliphatic heterocycles. The third-order valence-electron chi connectivity index (χ3n) is 16.0. The van der Waals surface area contributed by atoms with Gasteiger partial charge in [-0.15, -0.1) is 11.3 Å². The number of aliphatic hydroxyl groups excluding tert-OH is 1. The average molecular weight is 1000 g/mol. The van der Waals surface area contributed by atoms with Crippen LogP contribution in [0.25, 0.3) is 27.0 Å². The van der Waals surface area contributed by atoms with E-state index in [4.69, 9.17) is 4.98 Å². The number of benzene rings is 3. The molecule has 358 valence electrons. The SMILES string of the molecule is Cc1ncsc1-c1ccc([C@H](C)NC(=O)[C@@H]2C[C@@H](O)CN2C(=O)[C@@H](NC(=O)C2CC(CN3CCC(c4ccc5c(c4)C4(CCCCC4)c4nc(=O)c6c(Br)cccc6n4-5)CC3)C2)C(C)(C)C)cc1. The molecule has 10 rings (SSSR count). The van der Waals surface area contributed by atoms with Gasteiger partial charge in [-0.3, -0.25) is 23.7 Å². The van der Waals surface area contributed by atoms with Crippen molar-refractivity contribution in [1.82, 2.24) is 35.0 Å². The molecule has 12 nitrogen and oxygen atoms in total. The second kappa shape index (κ2) is 18.5. The normalized spacial score (nSPS) is 23.5. The van der Waals surface area contributed by atoms with Crippen molar-refractivity contribution < 1.29 is 19.5 Å². The molecule has 2 saturated heterocycles. The van der Waals surface area contributed by atoms with Crippen LogP contribution in [-0.4, -0.2) is 91.5 Å². The van der Waals surface area contributed by atoms with Gasteiger partial charge in [0.15, 0.2) is 0 Å². The van der Waals surface area contributed by atoms with Crippen molar-refractivity contribution in [3.63, 3.8) is 0 Å². The van der Waals surface area contributed by atoms with E-state index in [2.05, 4.69) is 65.3 Å². The fourth-order valence-electron chi connectivity index (χ4n) is 12.1. The van der Waals surface area contributed by atoms with Gasteiger partial charge in [0, 0.05) is 29.9 Å². The number of thiazole rings is 1. The maximum atomic E-state index is 14.4. The standard InChI is InChI=1S/C54H64BrN7O5S/c1-31(34-12-14-36(15-13-34)46-32(2)56-30-68-46)57-49(65)44-27-39(63)29-61(44)51(67)47(53(3,4)5)58-48(64)38-24-33(25-38)28-60-22-18-35(19-23-60)37-16-17-42-40(26-37)54(20-7-6-8-21-54)52-59-50(66)45-41(55)10-9-11-43(45)62(42)52/h9-17,26,30-31,33,35,38-39,44,47,63H,6-8,18-25,27-29H2,1-5H3,(H,57,65)(H,58,64)/t31-,33?,38?,39+,44-,47+/m0/s1. The highest BCUT2D eigenvalue weighted by molar-refractivity contribution is 9.10. The van der Waals surface area contributed by atoms with Crippen molar-refractivity contribution in [2.24, 2.45) is 17.3 Å². The smallest absolute Gasteiger partial charge is 0.281 e. The highest BCUT2D eigenvalue weighted by Crippen LogP contribution is 2.52. The number of nitrogens with one attached hydrogen (secondary N) is 2. The first-order valence-electron chi connectivity index (χ1n) is 24.8. The molecular formula is C54H64BrN7O5S. The van der Waals surface area contributed by atoms with Crippen LogP contribution in [0.5, 0.6) is 0 Å². The minimum Gasteiger partial charge on any atom is -0.391 e. The first-order chi connectivity index (χ1) is 32.6. The molecule has 4 atom stereocenters. The van der Waals surface area contributed by atoms with Crippen LogP contribution >= 0.6 is 27.3 Å². The summed E-state index contributed by atoms with van der Waals surface area (Å²) in [6, 6.07) is 19.1. The zero-order valence-electron chi connectivity index (χ0n) is 39.9. The van der Waals surface area contributed by atoms with Crippen molar-refractivity contribution in [2.75, 3.05) is 26.2 Å². The fraction of sp³-hybridized carbons (Fsp3) is 0.519. The van der Waals surface area contributed by atoms with E-state index in [-0.39, 0.29) is 53.6 Å². The fourth-order valence-corrected chi connectivity index (χ4v) is 13.5. The van der Waals surface area contributed by atoms with Crippen LogP contribution in [0, 0.1) is 24.2 Å². The van der Waals surface area contributed by atoms with E-state index < -0.39 is 23.6 Å². The topological polar surface area (TPSA) is 150 Å². The Morgan fingerprint density at radius 2 is 1.69 bits per heavy atom. The minimum atomic E-state index is -0.851. The molecule has 2 aliphatic carbocycles. The van der Waals surface area contributed by atoms with Crippen molar-refractivity contribution in [3.8, 4) is 16.1 Å². The van der Waals surface area contributed by atoms with Crippen molar-refractivity contribution in [2.45, 2.75) is 134 Å². The zero-order chi connectivity index (χ0) is 47.6. The van der Waals surface area contributed by atoms with E-state index in [0.29, 0.717) is 17.2 Å². The Morgan fingerprint density at radius 3 is 2.38 bits per heavy atom. The van der Waals surface area contributed by atoms with Crippen molar-refractivity contribution in [1.29, 1.82) is 0 Å². The number of aromatic nitrogens is 3. The number of aryl methyl sites for hydroxylation is 1. The summed E-state index contributed by atoms with van der Waals surface area (Å²) in [6.07, 6.45) is 8.49. The maximum absolute atomic E-state index is 14.4. The number of nitrogens with zero attached hydrogens (tertiary/aromatic N) is 5. The summed E-state index contributed by atoms with van der Waals surface area (Å²) < 4.78 is 3.05. The molecule has 3 aromatic carbocycles. The number of fused-ring (bicyclic) bond motifs is 7. The molecule has 0 bridgehead atoms. The number of rotatable bonds is 10. The molecule has 0 radical (unpaired) electrons. The number of hydrogen-bond donors (Lipinski definition) is 3. The molecule has 68 heavy (non-hydrogen) atoms. The highest BCUT2D eigenvalue weighted by Gasteiger charge is 2.48. The van der Waals surface area contributed by atoms with Gasteiger partial charge in [-0.25, -0.2) is 4.98 Å². The number of β-amino-alcohol motifs (C(OH)–C–C–N with tert-alkyl or cyclic N) is 1. The predicted molar refractivity (Wildman–Crippen MR) is 270 cm³/mol. The molecule has 14 heteroatoms. The lowest BCUT2D eigenvalue weighted by Gasteiger charge is -2.42. The predicted octanol–water partition coefficient (Wildman–Crippen LogP) is 8.72. The first-order valence-corrected chi connectivity index (χ1v) is 26.5. The Kier molecular flexibility index (Phi) is 12.8. The summed E-state index contributed by atoms with van der Waals surface area (Å²) in [5, 5.41) is 17.6. The van der Waals surface area contributed by atoms with Gasteiger partial charge in [0.1, 0.15) is 17.9 Å². The number of piperidine rings is 1. The summed E-state index contributed by atoms with van der Waals surface area (Å²) in [7, 11) is 0. The van der Waals surface area contributed by atoms with E-state index in [1.165, 1.54) is 22.4 Å². The van der Waals surface area contributed by atoms with Gasteiger partial charge in [0.25, 0.3) is 5.56 Å². The molecule has 5 aromatic rings. The molecule has 5 heterocycles. The Hall–Kier alpha value is -4.76. The Bertz CT molecular complexity index is 2800. The average Bonchev–Trinajstić information content (AvgIpc) is 4.00. The summed E-state index contributed by atoms with van der Waals surface area (Å²) in [5.41, 5.74) is 8.59. The molecule has 1 spiro atoms. The minimum absolute atomic E-state index is 0.0376. The highest BCUT2D eigenvalue weighted by atomic mass is 79.9. The van der Waals surface area contributed by atoms with Gasteiger partial charge >= 0.3 is 0 Å². The van der Waals surface area contributed by atoms with Gasteiger partial charge in [0.05, 0.1) is 50.2 Å². The number of amides is 3.